The molecule has 1 aromatic heterocycles. The van der Waals surface area contributed by atoms with Gasteiger partial charge >= 0.3 is 0 Å². The minimum absolute atomic E-state index is 0.0275. The lowest BCUT2D eigenvalue weighted by Crippen LogP contribution is -2.46. The van der Waals surface area contributed by atoms with Gasteiger partial charge in [0.1, 0.15) is 11.3 Å². The molecule has 0 aliphatic carbocycles. The van der Waals surface area contributed by atoms with Crippen LogP contribution in [0.2, 0.25) is 0 Å². The number of aryl methyl sites for hydroxylation is 1. The smallest absolute Gasteiger partial charge is 0.260 e. The van der Waals surface area contributed by atoms with E-state index in [9.17, 15) is 4.79 Å². The second-order valence-corrected chi connectivity index (χ2v) is 4.47. The van der Waals surface area contributed by atoms with Gasteiger partial charge in [0.15, 0.2) is 3.70 Å². The molecule has 0 unspecified atom stereocenters. The van der Waals surface area contributed by atoms with Crippen molar-refractivity contribution in [3.05, 3.63) is 15.0 Å². The van der Waals surface area contributed by atoms with Gasteiger partial charge in [0.2, 0.25) is 0 Å². The summed E-state index contributed by atoms with van der Waals surface area (Å²) >= 11 is 2.02. The molecule has 0 spiro atoms. The van der Waals surface area contributed by atoms with Gasteiger partial charge in [-0.15, -0.1) is 0 Å². The molecule has 1 fully saturated rings. The van der Waals surface area contributed by atoms with Gasteiger partial charge in [0.25, 0.3) is 5.91 Å². The molecule has 2 rings (SSSR count). The number of nitrogens with zero attached hydrogens (tertiary/aromatic N) is 2. The van der Waals surface area contributed by atoms with Gasteiger partial charge in [-0.3, -0.25) is 4.79 Å². The summed E-state index contributed by atoms with van der Waals surface area (Å²) in [6.45, 7) is 4.98. The largest absolute Gasteiger partial charge is 0.360 e. The van der Waals surface area contributed by atoms with Gasteiger partial charge in [-0.05, 0) is 29.5 Å². The molecule has 0 aromatic carbocycles. The highest BCUT2D eigenvalue weighted by Crippen LogP contribution is 2.17. The number of aromatic nitrogens is 1. The van der Waals surface area contributed by atoms with Gasteiger partial charge in [-0.2, -0.15) is 0 Å². The number of hydrogen-bond donors (Lipinski definition) is 1. The van der Waals surface area contributed by atoms with Gasteiger partial charge in [0, 0.05) is 26.2 Å². The van der Waals surface area contributed by atoms with Crippen LogP contribution in [-0.2, 0) is 0 Å². The van der Waals surface area contributed by atoms with E-state index in [1.807, 2.05) is 27.5 Å². The van der Waals surface area contributed by atoms with Crippen molar-refractivity contribution >= 4 is 28.5 Å². The molecule has 6 heteroatoms. The topological polar surface area (TPSA) is 58.4 Å². The number of amides is 1. The zero-order valence-electron chi connectivity index (χ0n) is 8.42. The molecule has 1 aliphatic heterocycles. The van der Waals surface area contributed by atoms with E-state index in [4.69, 9.17) is 4.52 Å². The zero-order valence-corrected chi connectivity index (χ0v) is 10.6. The molecule has 1 aromatic rings. The molecule has 0 radical (unpaired) electrons. The van der Waals surface area contributed by atoms with Crippen LogP contribution in [0, 0.1) is 10.6 Å². The highest BCUT2D eigenvalue weighted by molar-refractivity contribution is 14.1. The van der Waals surface area contributed by atoms with Gasteiger partial charge in [-0.1, -0.05) is 5.16 Å². The fraction of sp³-hybridized carbons (Fsp3) is 0.556. The number of halogens is 1. The second kappa shape index (κ2) is 4.48. The number of carbonyl (C=O) groups is 1. The van der Waals surface area contributed by atoms with Crippen molar-refractivity contribution in [1.82, 2.24) is 15.4 Å². The maximum Gasteiger partial charge on any atom is 0.260 e. The van der Waals surface area contributed by atoms with Crippen LogP contribution in [0.5, 0.6) is 0 Å². The SMILES string of the molecule is Cc1onc(I)c1C(=O)N1CCNCC1. The van der Waals surface area contributed by atoms with Crippen LogP contribution >= 0.6 is 22.6 Å². The van der Waals surface area contributed by atoms with Gasteiger partial charge < -0.3 is 14.7 Å². The first-order valence-corrected chi connectivity index (χ1v) is 5.90. The Bertz CT molecular complexity index is 352. The van der Waals surface area contributed by atoms with Crippen LogP contribution in [0.3, 0.4) is 0 Å². The average molecular weight is 321 g/mol. The highest BCUT2D eigenvalue weighted by atomic mass is 127. The van der Waals surface area contributed by atoms with E-state index in [2.05, 4.69) is 10.5 Å². The normalized spacial score (nSPS) is 16.8. The molecule has 0 atom stereocenters. The van der Waals surface area contributed by atoms with E-state index in [-0.39, 0.29) is 5.91 Å². The zero-order chi connectivity index (χ0) is 10.8. The molecule has 1 saturated heterocycles. The Morgan fingerprint density at radius 2 is 2.20 bits per heavy atom. The lowest BCUT2D eigenvalue weighted by Gasteiger charge is -2.27. The Morgan fingerprint density at radius 1 is 1.53 bits per heavy atom. The Hall–Kier alpha value is -0.630. The van der Waals surface area contributed by atoms with E-state index < -0.39 is 0 Å². The van der Waals surface area contributed by atoms with Crippen molar-refractivity contribution < 1.29 is 9.32 Å². The molecule has 1 amide bonds. The monoisotopic (exact) mass is 321 g/mol. The number of carbonyl (C=O) groups excluding carboxylic acids is 1. The van der Waals surface area contributed by atoms with Gasteiger partial charge in [-0.25, -0.2) is 0 Å². The van der Waals surface area contributed by atoms with E-state index >= 15 is 0 Å². The predicted molar refractivity (Wildman–Crippen MR) is 62.7 cm³/mol. The van der Waals surface area contributed by atoms with Crippen LogP contribution in [0.15, 0.2) is 4.52 Å². The Labute approximate surface area is 101 Å². The molecule has 2 heterocycles. The van der Waals surface area contributed by atoms with Crippen molar-refractivity contribution in [3.8, 4) is 0 Å². The van der Waals surface area contributed by atoms with Crippen LogP contribution in [-0.4, -0.2) is 42.1 Å². The maximum atomic E-state index is 12.1. The van der Waals surface area contributed by atoms with Crippen molar-refractivity contribution in [3.63, 3.8) is 0 Å². The minimum atomic E-state index is 0.0275. The average Bonchev–Trinajstić information content (AvgIpc) is 2.59. The first-order valence-electron chi connectivity index (χ1n) is 4.82. The van der Waals surface area contributed by atoms with Crippen LogP contribution in [0.1, 0.15) is 16.1 Å². The Morgan fingerprint density at radius 3 is 2.73 bits per heavy atom. The fourth-order valence-electron chi connectivity index (χ4n) is 1.61. The lowest BCUT2D eigenvalue weighted by molar-refractivity contribution is 0.0733. The third kappa shape index (κ3) is 2.15. The van der Waals surface area contributed by atoms with E-state index in [0.717, 1.165) is 26.2 Å². The summed E-state index contributed by atoms with van der Waals surface area (Å²) in [7, 11) is 0. The molecule has 1 N–H and O–H groups in total. The molecular formula is C9H12IN3O2. The summed E-state index contributed by atoms with van der Waals surface area (Å²) in [5.74, 6) is 0.627. The Kier molecular flexibility index (Phi) is 3.25. The third-order valence-electron chi connectivity index (χ3n) is 2.44. The lowest BCUT2D eigenvalue weighted by atomic mass is 10.2. The standard InChI is InChI=1S/C9H12IN3O2/c1-6-7(8(10)12-15-6)9(14)13-4-2-11-3-5-13/h11H,2-5H2,1H3. The summed E-state index contributed by atoms with van der Waals surface area (Å²) < 4.78 is 5.63. The summed E-state index contributed by atoms with van der Waals surface area (Å²) in [5, 5.41) is 6.99. The highest BCUT2D eigenvalue weighted by Gasteiger charge is 2.24. The molecule has 5 nitrogen and oxygen atoms in total. The summed E-state index contributed by atoms with van der Waals surface area (Å²) in [4.78, 5) is 13.9. The van der Waals surface area contributed by atoms with E-state index in [0.29, 0.717) is 15.0 Å². The molecule has 0 bridgehead atoms. The van der Waals surface area contributed by atoms with Gasteiger partial charge in [0.05, 0.1) is 0 Å². The molecule has 82 valence electrons. The second-order valence-electron chi connectivity index (χ2n) is 3.45. The predicted octanol–water partition coefficient (Wildman–Crippen LogP) is 0.633. The summed E-state index contributed by atoms with van der Waals surface area (Å²) in [6, 6.07) is 0. The van der Waals surface area contributed by atoms with Crippen molar-refractivity contribution in [2.45, 2.75) is 6.92 Å². The first-order chi connectivity index (χ1) is 7.20. The van der Waals surface area contributed by atoms with Crippen molar-refractivity contribution in [2.75, 3.05) is 26.2 Å². The van der Waals surface area contributed by atoms with Crippen LogP contribution in [0.25, 0.3) is 0 Å². The van der Waals surface area contributed by atoms with E-state index in [1.165, 1.54) is 0 Å². The number of nitrogens with one attached hydrogen (secondary N) is 1. The molecule has 15 heavy (non-hydrogen) atoms. The molecular weight excluding hydrogens is 309 g/mol. The molecule has 1 aliphatic rings. The number of hydrogen-bond acceptors (Lipinski definition) is 4. The number of piperazine rings is 1. The minimum Gasteiger partial charge on any atom is -0.360 e. The number of rotatable bonds is 1. The van der Waals surface area contributed by atoms with Crippen molar-refractivity contribution in [1.29, 1.82) is 0 Å². The van der Waals surface area contributed by atoms with Crippen LogP contribution in [0.4, 0.5) is 0 Å². The fourth-order valence-corrected chi connectivity index (χ4v) is 2.32. The van der Waals surface area contributed by atoms with E-state index in [1.54, 1.807) is 6.92 Å². The van der Waals surface area contributed by atoms with Crippen LogP contribution < -0.4 is 5.32 Å². The quantitative estimate of drug-likeness (QED) is 0.771. The molecule has 0 saturated carbocycles. The third-order valence-corrected chi connectivity index (χ3v) is 3.18. The summed E-state index contributed by atoms with van der Waals surface area (Å²) in [5.41, 5.74) is 0.609. The first kappa shape index (κ1) is 10.9. The maximum absolute atomic E-state index is 12.1. The van der Waals surface area contributed by atoms with Crippen molar-refractivity contribution in [2.24, 2.45) is 0 Å². The Balaban J connectivity index is 2.19. The summed E-state index contributed by atoms with van der Waals surface area (Å²) in [6.07, 6.45) is 0.